The zero-order valence-corrected chi connectivity index (χ0v) is 10.5. The predicted molar refractivity (Wildman–Crippen MR) is 70.9 cm³/mol. The number of carbonyl (C=O) groups is 1. The topological polar surface area (TPSA) is 39.1 Å². The second-order valence-electron chi connectivity index (χ2n) is 4.36. The van der Waals surface area contributed by atoms with Crippen molar-refractivity contribution in [1.29, 1.82) is 0 Å². The second kappa shape index (κ2) is 5.00. The molecule has 1 aromatic heterocycles. The molecule has 1 heterocycles. The molecule has 18 heavy (non-hydrogen) atoms. The third kappa shape index (κ3) is 2.40. The molecule has 0 fully saturated rings. The van der Waals surface area contributed by atoms with Crippen LogP contribution in [0.25, 0.3) is 0 Å². The SMILES string of the molecule is Cc1ccc(=O)n(C(C)C(=O)c2ccccc2)c1. The van der Waals surface area contributed by atoms with Gasteiger partial charge in [0.25, 0.3) is 5.56 Å². The first-order valence-corrected chi connectivity index (χ1v) is 5.87. The van der Waals surface area contributed by atoms with Crippen molar-refractivity contribution in [3.8, 4) is 0 Å². The average Bonchev–Trinajstić information content (AvgIpc) is 2.41. The lowest BCUT2D eigenvalue weighted by Crippen LogP contribution is -2.27. The summed E-state index contributed by atoms with van der Waals surface area (Å²) in [6, 6.07) is 11.8. The molecule has 2 rings (SSSR count). The summed E-state index contributed by atoms with van der Waals surface area (Å²) < 4.78 is 1.48. The third-order valence-corrected chi connectivity index (χ3v) is 2.94. The Morgan fingerprint density at radius 1 is 1.11 bits per heavy atom. The Hall–Kier alpha value is -2.16. The van der Waals surface area contributed by atoms with Crippen LogP contribution in [-0.4, -0.2) is 10.4 Å². The van der Waals surface area contributed by atoms with Crippen molar-refractivity contribution in [1.82, 2.24) is 4.57 Å². The third-order valence-electron chi connectivity index (χ3n) is 2.94. The molecule has 1 aromatic carbocycles. The number of aryl methyl sites for hydroxylation is 1. The van der Waals surface area contributed by atoms with Crippen LogP contribution < -0.4 is 5.56 Å². The number of Topliss-reactive ketones (excluding diaryl/α,β-unsaturated/α-hetero) is 1. The molecule has 0 amide bonds. The number of rotatable bonds is 3. The molecule has 0 N–H and O–H groups in total. The van der Waals surface area contributed by atoms with Gasteiger partial charge in [0.1, 0.15) is 0 Å². The van der Waals surface area contributed by atoms with Crippen LogP contribution in [0.1, 0.15) is 28.9 Å². The van der Waals surface area contributed by atoms with Gasteiger partial charge in [-0.15, -0.1) is 0 Å². The Bertz CT molecular complexity index is 614. The average molecular weight is 241 g/mol. The normalized spacial score (nSPS) is 12.1. The summed E-state index contributed by atoms with van der Waals surface area (Å²) in [4.78, 5) is 24.0. The molecule has 0 aliphatic rings. The van der Waals surface area contributed by atoms with E-state index in [9.17, 15) is 9.59 Å². The molecule has 3 nitrogen and oxygen atoms in total. The van der Waals surface area contributed by atoms with Crippen LogP contribution in [0.5, 0.6) is 0 Å². The van der Waals surface area contributed by atoms with Gasteiger partial charge in [0, 0.05) is 17.8 Å². The van der Waals surface area contributed by atoms with E-state index < -0.39 is 6.04 Å². The van der Waals surface area contributed by atoms with E-state index in [0.717, 1.165) is 5.56 Å². The van der Waals surface area contributed by atoms with Gasteiger partial charge in [-0.25, -0.2) is 0 Å². The lowest BCUT2D eigenvalue weighted by molar-refractivity contribution is 0.0933. The minimum Gasteiger partial charge on any atom is -0.305 e. The highest BCUT2D eigenvalue weighted by Gasteiger charge is 2.17. The van der Waals surface area contributed by atoms with Crippen molar-refractivity contribution >= 4 is 5.78 Å². The molecule has 1 unspecified atom stereocenters. The van der Waals surface area contributed by atoms with E-state index in [0.29, 0.717) is 5.56 Å². The molecule has 92 valence electrons. The summed E-state index contributed by atoms with van der Waals surface area (Å²) in [7, 11) is 0. The molecule has 0 aliphatic carbocycles. The summed E-state index contributed by atoms with van der Waals surface area (Å²) in [5.74, 6) is -0.0525. The van der Waals surface area contributed by atoms with E-state index in [-0.39, 0.29) is 11.3 Å². The molecule has 3 heteroatoms. The highest BCUT2D eigenvalue weighted by atomic mass is 16.1. The Balaban J connectivity index is 2.37. The first-order chi connectivity index (χ1) is 8.59. The zero-order valence-electron chi connectivity index (χ0n) is 10.5. The number of aromatic nitrogens is 1. The van der Waals surface area contributed by atoms with Crippen LogP contribution in [0, 0.1) is 6.92 Å². The Morgan fingerprint density at radius 3 is 2.44 bits per heavy atom. The number of ketones is 1. The summed E-state index contributed by atoms with van der Waals surface area (Å²) >= 11 is 0. The molecule has 0 saturated carbocycles. The van der Waals surface area contributed by atoms with Gasteiger partial charge < -0.3 is 4.57 Å². The highest BCUT2D eigenvalue weighted by molar-refractivity contribution is 5.98. The first kappa shape index (κ1) is 12.3. The summed E-state index contributed by atoms with van der Waals surface area (Å²) in [6.07, 6.45) is 1.72. The van der Waals surface area contributed by atoms with Gasteiger partial charge in [0.05, 0.1) is 6.04 Å². The Labute approximate surface area is 106 Å². The van der Waals surface area contributed by atoms with E-state index in [1.165, 1.54) is 10.6 Å². The monoisotopic (exact) mass is 241 g/mol. The minimum atomic E-state index is -0.486. The summed E-state index contributed by atoms with van der Waals surface area (Å²) in [5.41, 5.74) is 1.43. The summed E-state index contributed by atoms with van der Waals surface area (Å²) in [5, 5.41) is 0. The van der Waals surface area contributed by atoms with E-state index in [2.05, 4.69) is 0 Å². The first-order valence-electron chi connectivity index (χ1n) is 5.87. The van der Waals surface area contributed by atoms with Crippen LogP contribution in [0.2, 0.25) is 0 Å². The van der Waals surface area contributed by atoms with Crippen LogP contribution >= 0.6 is 0 Å². The number of carbonyl (C=O) groups excluding carboxylic acids is 1. The maximum Gasteiger partial charge on any atom is 0.251 e. The fourth-order valence-electron chi connectivity index (χ4n) is 1.89. The van der Waals surface area contributed by atoms with Crippen LogP contribution in [-0.2, 0) is 0 Å². The van der Waals surface area contributed by atoms with Gasteiger partial charge in [-0.1, -0.05) is 36.4 Å². The van der Waals surface area contributed by atoms with E-state index in [1.807, 2.05) is 25.1 Å². The van der Waals surface area contributed by atoms with Crippen LogP contribution in [0.15, 0.2) is 53.5 Å². The largest absolute Gasteiger partial charge is 0.305 e. The standard InChI is InChI=1S/C15H15NO2/c1-11-8-9-14(17)16(10-11)12(2)15(18)13-6-4-3-5-7-13/h3-10,12H,1-2H3. The molecule has 0 radical (unpaired) electrons. The number of hydrogen-bond acceptors (Lipinski definition) is 2. The molecular formula is C15H15NO2. The van der Waals surface area contributed by atoms with E-state index >= 15 is 0 Å². The minimum absolute atomic E-state index is 0.0525. The van der Waals surface area contributed by atoms with Crippen molar-refractivity contribution in [2.75, 3.05) is 0 Å². The maximum atomic E-state index is 12.2. The van der Waals surface area contributed by atoms with Crippen molar-refractivity contribution in [2.24, 2.45) is 0 Å². The Morgan fingerprint density at radius 2 is 1.78 bits per heavy atom. The lowest BCUT2D eigenvalue weighted by atomic mass is 10.1. The molecule has 0 saturated heterocycles. The number of nitrogens with zero attached hydrogens (tertiary/aromatic N) is 1. The second-order valence-corrected chi connectivity index (χ2v) is 4.36. The maximum absolute atomic E-state index is 12.2. The number of pyridine rings is 1. The van der Waals surface area contributed by atoms with Crippen molar-refractivity contribution < 1.29 is 4.79 Å². The van der Waals surface area contributed by atoms with Gasteiger partial charge in [-0.2, -0.15) is 0 Å². The zero-order chi connectivity index (χ0) is 13.1. The predicted octanol–water partition coefficient (Wildman–Crippen LogP) is 2.60. The molecule has 0 spiro atoms. The lowest BCUT2D eigenvalue weighted by Gasteiger charge is -2.14. The molecule has 1 atom stereocenters. The number of benzene rings is 1. The van der Waals surface area contributed by atoms with E-state index in [1.54, 1.807) is 31.3 Å². The fraction of sp³-hybridized carbons (Fsp3) is 0.200. The molecule has 2 aromatic rings. The quantitative estimate of drug-likeness (QED) is 0.775. The van der Waals surface area contributed by atoms with Crippen molar-refractivity contribution in [3.05, 3.63) is 70.1 Å². The Kier molecular flexibility index (Phi) is 3.42. The van der Waals surface area contributed by atoms with Gasteiger partial charge in [0.2, 0.25) is 0 Å². The van der Waals surface area contributed by atoms with Gasteiger partial charge in [-0.3, -0.25) is 9.59 Å². The van der Waals surface area contributed by atoms with Gasteiger partial charge >= 0.3 is 0 Å². The molecule has 0 aliphatic heterocycles. The molecular weight excluding hydrogens is 226 g/mol. The van der Waals surface area contributed by atoms with Gasteiger partial charge in [0.15, 0.2) is 5.78 Å². The van der Waals surface area contributed by atoms with Gasteiger partial charge in [-0.05, 0) is 19.4 Å². The van der Waals surface area contributed by atoms with Crippen LogP contribution in [0.4, 0.5) is 0 Å². The van der Waals surface area contributed by atoms with E-state index in [4.69, 9.17) is 0 Å². The highest BCUT2D eigenvalue weighted by Crippen LogP contribution is 2.12. The smallest absolute Gasteiger partial charge is 0.251 e. The molecule has 0 bridgehead atoms. The van der Waals surface area contributed by atoms with Crippen molar-refractivity contribution in [2.45, 2.75) is 19.9 Å². The fourth-order valence-corrected chi connectivity index (χ4v) is 1.89. The van der Waals surface area contributed by atoms with Crippen molar-refractivity contribution in [3.63, 3.8) is 0 Å². The number of hydrogen-bond donors (Lipinski definition) is 0. The summed E-state index contributed by atoms with van der Waals surface area (Å²) in [6.45, 7) is 3.64. The van der Waals surface area contributed by atoms with Crippen LogP contribution in [0.3, 0.4) is 0 Å².